The number of ether oxygens (including phenoxy) is 1. The van der Waals surface area contributed by atoms with Crippen LogP contribution in [-0.4, -0.2) is 35.1 Å². The minimum absolute atomic E-state index is 0.0310. The smallest absolute Gasteiger partial charge is 0.265 e. The van der Waals surface area contributed by atoms with E-state index in [-0.39, 0.29) is 35.1 Å². The van der Waals surface area contributed by atoms with Gasteiger partial charge in [0.1, 0.15) is 10.6 Å². The average molecular weight is 453 g/mol. The van der Waals surface area contributed by atoms with Gasteiger partial charge in [0.15, 0.2) is 0 Å². The maximum Gasteiger partial charge on any atom is 0.265 e. The summed E-state index contributed by atoms with van der Waals surface area (Å²) in [5.41, 5.74) is 1.39. The second kappa shape index (κ2) is 8.27. The molecule has 162 valence electrons. The van der Waals surface area contributed by atoms with Gasteiger partial charge >= 0.3 is 0 Å². The molecule has 2 aromatic carbocycles. The Morgan fingerprint density at radius 2 is 1.80 bits per heavy atom. The second-order valence-corrected chi connectivity index (χ2v) is 10.8. The Morgan fingerprint density at radius 3 is 2.33 bits per heavy atom. The molecule has 1 aliphatic rings. The zero-order valence-corrected chi connectivity index (χ0v) is 18.6. The quantitative estimate of drug-likeness (QED) is 0.691. The maximum absolute atomic E-state index is 13.1. The van der Waals surface area contributed by atoms with Crippen molar-refractivity contribution in [3.63, 3.8) is 0 Å². The summed E-state index contributed by atoms with van der Waals surface area (Å²) >= 11 is 0. The van der Waals surface area contributed by atoms with Gasteiger partial charge in [-0.15, -0.1) is 0 Å². The first-order chi connectivity index (χ1) is 14.0. The normalized spacial score (nSPS) is 16.1. The van der Waals surface area contributed by atoms with Gasteiger partial charge in [0.05, 0.1) is 18.0 Å². The van der Waals surface area contributed by atoms with Crippen LogP contribution >= 0.6 is 0 Å². The lowest BCUT2D eigenvalue weighted by atomic mass is 10.0. The summed E-state index contributed by atoms with van der Waals surface area (Å²) in [5.74, 6) is -0.533. The molecule has 0 bridgehead atoms. The standard InChI is InChI=1S/C20H24N2O6S2/c1-4-28-18-10-9-17(22-20(23)11-12-29(22,24)25)13-19(18)30(26,27)21-16-7-5-15(6-8-16)14(2)3/h5-10,13-14,21H,4,11-12H2,1-3H3. The summed E-state index contributed by atoms with van der Waals surface area (Å²) in [6, 6.07) is 10.8. The number of amides is 1. The van der Waals surface area contributed by atoms with Gasteiger partial charge in [-0.2, -0.15) is 0 Å². The molecule has 2 aromatic rings. The Hall–Kier alpha value is -2.59. The van der Waals surface area contributed by atoms with Crippen LogP contribution in [0.3, 0.4) is 0 Å². The van der Waals surface area contributed by atoms with Crippen LogP contribution in [-0.2, 0) is 24.8 Å². The van der Waals surface area contributed by atoms with Gasteiger partial charge in [0.25, 0.3) is 10.0 Å². The number of anilines is 2. The van der Waals surface area contributed by atoms with Gasteiger partial charge in [-0.05, 0) is 48.7 Å². The number of nitrogens with one attached hydrogen (secondary N) is 1. The fourth-order valence-electron chi connectivity index (χ4n) is 3.12. The maximum atomic E-state index is 13.1. The van der Waals surface area contributed by atoms with E-state index in [4.69, 9.17) is 4.74 Å². The third kappa shape index (κ3) is 4.44. The number of sulfonamides is 2. The largest absolute Gasteiger partial charge is 0.492 e. The van der Waals surface area contributed by atoms with E-state index in [0.717, 1.165) is 11.6 Å². The first-order valence-corrected chi connectivity index (χ1v) is 12.6. The van der Waals surface area contributed by atoms with Crippen LogP contribution in [0.15, 0.2) is 47.4 Å². The van der Waals surface area contributed by atoms with Crippen LogP contribution in [0.2, 0.25) is 0 Å². The first kappa shape index (κ1) is 22.1. The summed E-state index contributed by atoms with van der Waals surface area (Å²) < 4.78 is 59.2. The molecule has 1 amide bonds. The topological polar surface area (TPSA) is 110 Å². The molecule has 10 heteroatoms. The minimum Gasteiger partial charge on any atom is -0.492 e. The van der Waals surface area contributed by atoms with E-state index in [2.05, 4.69) is 4.72 Å². The van der Waals surface area contributed by atoms with Gasteiger partial charge in [-0.25, -0.2) is 21.1 Å². The third-order valence-corrected chi connectivity index (χ3v) is 7.75. The van der Waals surface area contributed by atoms with E-state index < -0.39 is 26.0 Å². The molecule has 0 saturated carbocycles. The van der Waals surface area contributed by atoms with Crippen molar-refractivity contribution >= 4 is 37.3 Å². The van der Waals surface area contributed by atoms with Crippen molar-refractivity contribution in [3.8, 4) is 5.75 Å². The number of nitrogens with zero attached hydrogens (tertiary/aromatic N) is 1. The number of hydrogen-bond acceptors (Lipinski definition) is 6. The lowest BCUT2D eigenvalue weighted by Gasteiger charge is -2.18. The Kier molecular flexibility index (Phi) is 6.09. The molecule has 0 atom stereocenters. The van der Waals surface area contributed by atoms with E-state index in [1.165, 1.54) is 12.1 Å². The van der Waals surface area contributed by atoms with Crippen molar-refractivity contribution < 1.29 is 26.4 Å². The Labute approximate surface area is 177 Å². The number of hydrogen-bond donors (Lipinski definition) is 1. The Morgan fingerprint density at radius 1 is 1.13 bits per heavy atom. The molecular formula is C20H24N2O6S2. The summed E-state index contributed by atoms with van der Waals surface area (Å²) in [7, 11) is -7.93. The highest BCUT2D eigenvalue weighted by atomic mass is 32.2. The van der Waals surface area contributed by atoms with Crippen molar-refractivity contribution in [1.82, 2.24) is 0 Å². The van der Waals surface area contributed by atoms with Gasteiger partial charge < -0.3 is 4.74 Å². The zero-order valence-electron chi connectivity index (χ0n) is 17.0. The molecule has 0 aliphatic carbocycles. The fourth-order valence-corrected chi connectivity index (χ4v) is 5.80. The van der Waals surface area contributed by atoms with Crippen LogP contribution < -0.4 is 13.8 Å². The molecule has 30 heavy (non-hydrogen) atoms. The van der Waals surface area contributed by atoms with Gasteiger partial charge in [-0.3, -0.25) is 9.52 Å². The lowest BCUT2D eigenvalue weighted by molar-refractivity contribution is -0.116. The highest BCUT2D eigenvalue weighted by Crippen LogP contribution is 2.33. The molecule has 1 N–H and O–H groups in total. The van der Waals surface area contributed by atoms with E-state index in [0.29, 0.717) is 15.9 Å². The molecule has 0 aromatic heterocycles. The summed E-state index contributed by atoms with van der Waals surface area (Å²) in [5, 5.41) is 0. The number of benzene rings is 2. The predicted molar refractivity (Wildman–Crippen MR) is 115 cm³/mol. The van der Waals surface area contributed by atoms with E-state index in [1.807, 2.05) is 26.0 Å². The van der Waals surface area contributed by atoms with Crippen LogP contribution in [0.25, 0.3) is 0 Å². The molecule has 0 unspecified atom stereocenters. The third-order valence-electron chi connectivity index (χ3n) is 4.66. The lowest BCUT2D eigenvalue weighted by Crippen LogP contribution is -2.29. The number of carbonyl (C=O) groups is 1. The molecule has 1 fully saturated rings. The number of carbonyl (C=O) groups excluding carboxylic acids is 1. The summed E-state index contributed by atoms with van der Waals surface area (Å²) in [4.78, 5) is 11.8. The molecule has 0 spiro atoms. The highest BCUT2D eigenvalue weighted by Gasteiger charge is 2.37. The van der Waals surface area contributed by atoms with Crippen molar-refractivity contribution in [1.29, 1.82) is 0 Å². The van der Waals surface area contributed by atoms with Gasteiger partial charge in [-0.1, -0.05) is 26.0 Å². The molecule has 1 heterocycles. The molecule has 8 nitrogen and oxygen atoms in total. The van der Waals surface area contributed by atoms with Crippen LogP contribution in [0.1, 0.15) is 38.7 Å². The zero-order chi connectivity index (χ0) is 22.1. The van der Waals surface area contributed by atoms with E-state index in [9.17, 15) is 21.6 Å². The van der Waals surface area contributed by atoms with Gasteiger partial charge in [0, 0.05) is 12.1 Å². The minimum atomic E-state index is -4.11. The molecule has 3 rings (SSSR count). The van der Waals surface area contributed by atoms with Gasteiger partial charge in [0.2, 0.25) is 15.9 Å². The van der Waals surface area contributed by atoms with Crippen molar-refractivity contribution in [2.24, 2.45) is 0 Å². The predicted octanol–water partition coefficient (Wildman–Crippen LogP) is 3.08. The van der Waals surface area contributed by atoms with Crippen LogP contribution in [0.4, 0.5) is 11.4 Å². The number of rotatable bonds is 7. The van der Waals surface area contributed by atoms with Crippen molar-refractivity contribution in [2.45, 2.75) is 38.0 Å². The Bertz CT molecular complexity index is 1160. The van der Waals surface area contributed by atoms with Crippen LogP contribution in [0, 0.1) is 0 Å². The monoisotopic (exact) mass is 452 g/mol. The van der Waals surface area contributed by atoms with E-state index >= 15 is 0 Å². The average Bonchev–Trinajstić information content (AvgIpc) is 2.95. The molecule has 1 aliphatic heterocycles. The summed E-state index contributed by atoms with van der Waals surface area (Å²) in [6.45, 7) is 5.99. The molecule has 1 saturated heterocycles. The summed E-state index contributed by atoms with van der Waals surface area (Å²) in [6.07, 6.45) is -0.141. The van der Waals surface area contributed by atoms with Crippen molar-refractivity contribution in [2.75, 3.05) is 21.4 Å². The highest BCUT2D eigenvalue weighted by molar-refractivity contribution is 7.94. The second-order valence-electron chi connectivity index (χ2n) is 7.17. The molecular weight excluding hydrogens is 428 g/mol. The van der Waals surface area contributed by atoms with Crippen LogP contribution in [0.5, 0.6) is 5.75 Å². The fraction of sp³-hybridized carbons (Fsp3) is 0.350. The Balaban J connectivity index is 2.02. The SMILES string of the molecule is CCOc1ccc(N2C(=O)CCS2(=O)=O)cc1S(=O)(=O)Nc1ccc(C(C)C)cc1. The molecule has 0 radical (unpaired) electrons. The van der Waals surface area contributed by atoms with Crippen molar-refractivity contribution in [3.05, 3.63) is 48.0 Å². The van der Waals surface area contributed by atoms with E-state index in [1.54, 1.807) is 19.1 Å². The first-order valence-electron chi connectivity index (χ1n) is 9.50.